The second-order valence-corrected chi connectivity index (χ2v) is 3.67. The molecular formula is C9H7Cl2N3. The minimum Gasteiger partial charge on any atom is -0.267 e. The molecule has 0 bridgehead atoms. The van der Waals surface area contributed by atoms with Crippen molar-refractivity contribution in [1.29, 1.82) is 0 Å². The SMILES string of the molecule is Clc1cnn(Cc2ccnc(Cl)c2)c1. The lowest BCUT2D eigenvalue weighted by Gasteiger charge is -2.00. The fourth-order valence-electron chi connectivity index (χ4n) is 1.15. The summed E-state index contributed by atoms with van der Waals surface area (Å²) in [7, 11) is 0. The molecule has 0 aliphatic heterocycles. The Morgan fingerprint density at radius 1 is 1.36 bits per heavy atom. The van der Waals surface area contributed by atoms with Gasteiger partial charge in [-0.25, -0.2) is 4.98 Å². The van der Waals surface area contributed by atoms with Gasteiger partial charge in [-0.2, -0.15) is 5.10 Å². The number of hydrogen-bond donors (Lipinski definition) is 0. The zero-order valence-corrected chi connectivity index (χ0v) is 8.70. The molecule has 0 aliphatic rings. The van der Waals surface area contributed by atoms with Crippen LogP contribution in [0.1, 0.15) is 5.56 Å². The Bertz CT molecular complexity index is 439. The van der Waals surface area contributed by atoms with Crippen molar-refractivity contribution in [1.82, 2.24) is 14.8 Å². The molecule has 14 heavy (non-hydrogen) atoms. The van der Waals surface area contributed by atoms with Crippen molar-refractivity contribution < 1.29 is 0 Å². The molecule has 0 spiro atoms. The van der Waals surface area contributed by atoms with Crippen molar-refractivity contribution in [2.75, 3.05) is 0 Å². The minimum atomic E-state index is 0.487. The summed E-state index contributed by atoms with van der Waals surface area (Å²) in [6.45, 7) is 0.648. The molecule has 0 amide bonds. The van der Waals surface area contributed by atoms with Gasteiger partial charge in [-0.05, 0) is 17.7 Å². The highest BCUT2D eigenvalue weighted by Crippen LogP contribution is 2.10. The molecule has 0 N–H and O–H groups in total. The minimum absolute atomic E-state index is 0.487. The van der Waals surface area contributed by atoms with E-state index >= 15 is 0 Å². The normalized spacial score (nSPS) is 10.4. The molecular weight excluding hydrogens is 221 g/mol. The number of hydrogen-bond acceptors (Lipinski definition) is 2. The lowest BCUT2D eigenvalue weighted by atomic mass is 10.3. The Morgan fingerprint density at radius 3 is 2.86 bits per heavy atom. The van der Waals surface area contributed by atoms with Gasteiger partial charge in [0, 0.05) is 12.4 Å². The quantitative estimate of drug-likeness (QED) is 0.739. The van der Waals surface area contributed by atoms with Gasteiger partial charge in [0.2, 0.25) is 0 Å². The first-order valence-corrected chi connectivity index (χ1v) is 4.78. The third-order valence-electron chi connectivity index (χ3n) is 1.74. The molecule has 72 valence electrons. The molecule has 0 saturated carbocycles. The van der Waals surface area contributed by atoms with Gasteiger partial charge in [0.15, 0.2) is 0 Å². The summed E-state index contributed by atoms with van der Waals surface area (Å²) in [5.41, 5.74) is 1.05. The largest absolute Gasteiger partial charge is 0.267 e. The molecule has 0 fully saturated rings. The monoisotopic (exact) mass is 227 g/mol. The van der Waals surface area contributed by atoms with Gasteiger partial charge in [-0.3, -0.25) is 4.68 Å². The lowest BCUT2D eigenvalue weighted by molar-refractivity contribution is 0.686. The zero-order chi connectivity index (χ0) is 9.97. The van der Waals surface area contributed by atoms with Crippen LogP contribution in [-0.4, -0.2) is 14.8 Å². The van der Waals surface area contributed by atoms with E-state index in [9.17, 15) is 0 Å². The summed E-state index contributed by atoms with van der Waals surface area (Å²) in [5, 5.41) is 5.18. The maximum atomic E-state index is 5.75. The van der Waals surface area contributed by atoms with Crippen molar-refractivity contribution in [2.24, 2.45) is 0 Å². The van der Waals surface area contributed by atoms with Crippen LogP contribution in [0, 0.1) is 0 Å². The van der Waals surface area contributed by atoms with E-state index in [0.29, 0.717) is 16.7 Å². The molecule has 2 heterocycles. The van der Waals surface area contributed by atoms with Gasteiger partial charge >= 0.3 is 0 Å². The van der Waals surface area contributed by atoms with Crippen LogP contribution in [0.25, 0.3) is 0 Å². The predicted octanol–water partition coefficient (Wildman–Crippen LogP) is 2.63. The highest BCUT2D eigenvalue weighted by molar-refractivity contribution is 6.30. The highest BCUT2D eigenvalue weighted by Gasteiger charge is 1.98. The van der Waals surface area contributed by atoms with Gasteiger partial charge < -0.3 is 0 Å². The maximum Gasteiger partial charge on any atom is 0.129 e. The topological polar surface area (TPSA) is 30.7 Å². The van der Waals surface area contributed by atoms with E-state index in [1.54, 1.807) is 29.3 Å². The van der Waals surface area contributed by atoms with E-state index in [1.165, 1.54) is 0 Å². The standard InChI is InChI=1S/C9H7Cl2N3/c10-8-4-13-14(6-8)5-7-1-2-12-9(11)3-7/h1-4,6H,5H2. The van der Waals surface area contributed by atoms with Crippen molar-refractivity contribution in [3.05, 3.63) is 46.5 Å². The first-order valence-electron chi connectivity index (χ1n) is 4.02. The van der Waals surface area contributed by atoms with Gasteiger partial charge in [-0.15, -0.1) is 0 Å². The first kappa shape index (κ1) is 9.49. The van der Waals surface area contributed by atoms with Crippen LogP contribution >= 0.6 is 23.2 Å². The van der Waals surface area contributed by atoms with E-state index in [1.807, 2.05) is 6.07 Å². The van der Waals surface area contributed by atoms with Crippen LogP contribution < -0.4 is 0 Å². The summed E-state index contributed by atoms with van der Waals surface area (Å²) in [5.74, 6) is 0. The van der Waals surface area contributed by atoms with E-state index in [0.717, 1.165) is 5.56 Å². The van der Waals surface area contributed by atoms with Crippen molar-refractivity contribution in [3.63, 3.8) is 0 Å². The van der Waals surface area contributed by atoms with Crippen LogP contribution in [0.2, 0.25) is 10.2 Å². The molecule has 0 atom stereocenters. The van der Waals surface area contributed by atoms with Gasteiger partial charge in [0.1, 0.15) is 5.15 Å². The number of aromatic nitrogens is 3. The number of rotatable bonds is 2. The van der Waals surface area contributed by atoms with Gasteiger partial charge in [-0.1, -0.05) is 23.2 Å². The van der Waals surface area contributed by atoms with E-state index < -0.39 is 0 Å². The number of pyridine rings is 1. The van der Waals surface area contributed by atoms with Crippen LogP contribution in [0.3, 0.4) is 0 Å². The van der Waals surface area contributed by atoms with E-state index in [4.69, 9.17) is 23.2 Å². The van der Waals surface area contributed by atoms with Crippen LogP contribution in [0.5, 0.6) is 0 Å². The van der Waals surface area contributed by atoms with Crippen LogP contribution in [0.4, 0.5) is 0 Å². The Labute approximate surface area is 91.3 Å². The summed E-state index contributed by atoms with van der Waals surface area (Å²) >= 11 is 11.5. The van der Waals surface area contributed by atoms with Gasteiger partial charge in [0.25, 0.3) is 0 Å². The van der Waals surface area contributed by atoms with Crippen molar-refractivity contribution in [2.45, 2.75) is 6.54 Å². The number of halogens is 2. The fourth-order valence-corrected chi connectivity index (χ4v) is 1.51. The Hall–Kier alpha value is -1.06. The average molecular weight is 228 g/mol. The molecule has 0 unspecified atom stereocenters. The molecule has 3 nitrogen and oxygen atoms in total. The molecule has 0 aromatic carbocycles. The molecule has 2 aromatic heterocycles. The molecule has 0 saturated heterocycles. The lowest BCUT2D eigenvalue weighted by Crippen LogP contribution is -1.99. The van der Waals surface area contributed by atoms with Crippen molar-refractivity contribution in [3.8, 4) is 0 Å². The second-order valence-electron chi connectivity index (χ2n) is 2.84. The first-order chi connectivity index (χ1) is 6.74. The van der Waals surface area contributed by atoms with Crippen LogP contribution in [-0.2, 0) is 6.54 Å². The van der Waals surface area contributed by atoms with Crippen molar-refractivity contribution >= 4 is 23.2 Å². The Kier molecular flexibility index (Phi) is 2.70. The third kappa shape index (κ3) is 2.25. The predicted molar refractivity (Wildman–Crippen MR) is 55.6 cm³/mol. The maximum absolute atomic E-state index is 5.75. The van der Waals surface area contributed by atoms with E-state index in [-0.39, 0.29) is 0 Å². The highest BCUT2D eigenvalue weighted by atomic mass is 35.5. The smallest absolute Gasteiger partial charge is 0.129 e. The number of nitrogens with zero attached hydrogens (tertiary/aromatic N) is 3. The third-order valence-corrected chi connectivity index (χ3v) is 2.14. The van der Waals surface area contributed by atoms with E-state index in [2.05, 4.69) is 10.1 Å². The average Bonchev–Trinajstić information content (AvgIpc) is 2.51. The summed E-state index contributed by atoms with van der Waals surface area (Å²) < 4.78 is 1.74. The summed E-state index contributed by atoms with van der Waals surface area (Å²) in [6, 6.07) is 3.69. The molecule has 0 aliphatic carbocycles. The Morgan fingerprint density at radius 2 is 2.21 bits per heavy atom. The zero-order valence-electron chi connectivity index (χ0n) is 7.19. The molecule has 5 heteroatoms. The summed E-state index contributed by atoms with van der Waals surface area (Å²) in [6.07, 6.45) is 5.03. The fraction of sp³-hybridized carbons (Fsp3) is 0.111. The molecule has 2 aromatic rings. The van der Waals surface area contributed by atoms with Crippen LogP contribution in [0.15, 0.2) is 30.7 Å². The second kappa shape index (κ2) is 3.98. The summed E-state index contributed by atoms with van der Waals surface area (Å²) in [4.78, 5) is 3.90. The molecule has 0 radical (unpaired) electrons. The Balaban J connectivity index is 2.18. The van der Waals surface area contributed by atoms with Gasteiger partial charge in [0.05, 0.1) is 17.8 Å². The molecule has 2 rings (SSSR count).